The fraction of sp³-hybridized carbons (Fsp3) is 0.900. The molecule has 2 rings (SSSR count). The molecule has 6 heteroatoms. The standard InChI is InChI=1S/C10H18N2O3S/c1-10(2)9(13)11-4-5-12(10)8-3-6-16(14,15)7-8/h8H,3-7H2,1-2H3,(H,11,13). The third-order valence-corrected chi connectivity index (χ3v) is 5.31. The first kappa shape index (κ1) is 11.9. The van der Waals surface area contributed by atoms with E-state index in [1.54, 1.807) is 0 Å². The predicted octanol–water partition coefficient (Wildman–Crippen LogP) is -0.616. The van der Waals surface area contributed by atoms with Gasteiger partial charge in [-0.3, -0.25) is 9.69 Å². The molecule has 5 nitrogen and oxygen atoms in total. The highest BCUT2D eigenvalue weighted by Crippen LogP contribution is 2.26. The van der Waals surface area contributed by atoms with Crippen molar-refractivity contribution in [3.8, 4) is 0 Å². The van der Waals surface area contributed by atoms with Crippen LogP contribution in [0.25, 0.3) is 0 Å². The quantitative estimate of drug-likeness (QED) is 0.670. The van der Waals surface area contributed by atoms with E-state index < -0.39 is 15.4 Å². The van der Waals surface area contributed by atoms with Gasteiger partial charge in [0.1, 0.15) is 0 Å². The number of hydrogen-bond acceptors (Lipinski definition) is 4. The van der Waals surface area contributed by atoms with Gasteiger partial charge in [0.15, 0.2) is 9.84 Å². The van der Waals surface area contributed by atoms with Crippen LogP contribution in [0.1, 0.15) is 20.3 Å². The first-order valence-electron chi connectivity index (χ1n) is 5.58. The van der Waals surface area contributed by atoms with Gasteiger partial charge in [0.25, 0.3) is 0 Å². The van der Waals surface area contributed by atoms with Gasteiger partial charge >= 0.3 is 0 Å². The van der Waals surface area contributed by atoms with E-state index in [2.05, 4.69) is 5.32 Å². The minimum absolute atomic E-state index is 0.00560. The van der Waals surface area contributed by atoms with Crippen molar-refractivity contribution in [3.63, 3.8) is 0 Å². The number of carbonyl (C=O) groups excluding carboxylic acids is 1. The maximum Gasteiger partial charge on any atom is 0.240 e. The molecule has 1 N–H and O–H groups in total. The van der Waals surface area contributed by atoms with Crippen molar-refractivity contribution in [1.29, 1.82) is 0 Å². The van der Waals surface area contributed by atoms with Gasteiger partial charge in [0, 0.05) is 19.1 Å². The maximum absolute atomic E-state index is 11.7. The van der Waals surface area contributed by atoms with Gasteiger partial charge in [0.2, 0.25) is 5.91 Å². The van der Waals surface area contributed by atoms with Gasteiger partial charge in [0.05, 0.1) is 17.0 Å². The molecule has 0 aromatic heterocycles. The summed E-state index contributed by atoms with van der Waals surface area (Å²) >= 11 is 0. The second-order valence-electron chi connectivity index (χ2n) is 5.07. The Balaban J connectivity index is 2.18. The van der Waals surface area contributed by atoms with Crippen molar-refractivity contribution < 1.29 is 13.2 Å². The van der Waals surface area contributed by atoms with Crippen LogP contribution in [0.3, 0.4) is 0 Å². The van der Waals surface area contributed by atoms with Crippen LogP contribution in [0.2, 0.25) is 0 Å². The molecule has 1 unspecified atom stereocenters. The lowest BCUT2D eigenvalue weighted by Gasteiger charge is -2.44. The fourth-order valence-corrected chi connectivity index (χ4v) is 4.31. The number of rotatable bonds is 1. The Labute approximate surface area is 96.1 Å². The molecule has 2 fully saturated rings. The van der Waals surface area contributed by atoms with Crippen molar-refractivity contribution in [1.82, 2.24) is 10.2 Å². The number of nitrogens with zero attached hydrogens (tertiary/aromatic N) is 1. The zero-order chi connectivity index (χ0) is 12.0. The first-order chi connectivity index (χ1) is 7.33. The van der Waals surface area contributed by atoms with E-state index in [4.69, 9.17) is 0 Å². The Morgan fingerprint density at radius 3 is 2.69 bits per heavy atom. The molecule has 0 saturated carbocycles. The van der Waals surface area contributed by atoms with Crippen LogP contribution in [0, 0.1) is 0 Å². The first-order valence-corrected chi connectivity index (χ1v) is 7.40. The molecule has 0 bridgehead atoms. The van der Waals surface area contributed by atoms with Crippen molar-refractivity contribution in [2.24, 2.45) is 0 Å². The largest absolute Gasteiger partial charge is 0.353 e. The highest BCUT2D eigenvalue weighted by Gasteiger charge is 2.44. The molecule has 1 amide bonds. The zero-order valence-corrected chi connectivity index (χ0v) is 10.5. The van der Waals surface area contributed by atoms with E-state index >= 15 is 0 Å². The molecule has 16 heavy (non-hydrogen) atoms. The Kier molecular flexibility index (Phi) is 2.74. The number of carbonyl (C=O) groups is 1. The Morgan fingerprint density at radius 1 is 1.44 bits per heavy atom. The molecular formula is C10H18N2O3S. The van der Waals surface area contributed by atoms with Crippen LogP contribution >= 0.6 is 0 Å². The molecule has 92 valence electrons. The smallest absolute Gasteiger partial charge is 0.240 e. The Bertz CT molecular complexity index is 402. The van der Waals surface area contributed by atoms with Crippen molar-refractivity contribution >= 4 is 15.7 Å². The van der Waals surface area contributed by atoms with Crippen molar-refractivity contribution in [2.75, 3.05) is 24.6 Å². The third-order valence-electron chi connectivity index (χ3n) is 3.56. The summed E-state index contributed by atoms with van der Waals surface area (Å²) in [6.45, 7) is 5.05. The Morgan fingerprint density at radius 2 is 2.12 bits per heavy atom. The van der Waals surface area contributed by atoms with Crippen molar-refractivity contribution in [2.45, 2.75) is 31.8 Å². The maximum atomic E-state index is 11.7. The van der Waals surface area contributed by atoms with E-state index in [0.29, 0.717) is 13.0 Å². The lowest BCUT2D eigenvalue weighted by atomic mass is 9.96. The summed E-state index contributed by atoms with van der Waals surface area (Å²) in [4.78, 5) is 13.8. The lowest BCUT2D eigenvalue weighted by molar-refractivity contribution is -0.136. The molecule has 0 spiro atoms. The van der Waals surface area contributed by atoms with Gasteiger partial charge in [-0.2, -0.15) is 0 Å². The summed E-state index contributed by atoms with van der Waals surface area (Å²) in [5, 5.41) is 2.82. The summed E-state index contributed by atoms with van der Waals surface area (Å²) in [5.74, 6) is 0.443. The minimum Gasteiger partial charge on any atom is -0.353 e. The van der Waals surface area contributed by atoms with Crippen LogP contribution < -0.4 is 5.32 Å². The van der Waals surface area contributed by atoms with E-state index in [1.807, 2.05) is 18.7 Å². The highest BCUT2D eigenvalue weighted by atomic mass is 32.2. The summed E-state index contributed by atoms with van der Waals surface area (Å²) in [6, 6.07) is 0.00560. The van der Waals surface area contributed by atoms with Crippen LogP contribution in [-0.2, 0) is 14.6 Å². The van der Waals surface area contributed by atoms with Gasteiger partial charge in [-0.15, -0.1) is 0 Å². The summed E-state index contributed by atoms with van der Waals surface area (Å²) in [6.07, 6.45) is 0.652. The van der Waals surface area contributed by atoms with E-state index in [-0.39, 0.29) is 23.5 Å². The molecule has 0 aromatic rings. The number of piperazine rings is 1. The number of amides is 1. The summed E-state index contributed by atoms with van der Waals surface area (Å²) < 4.78 is 22.9. The van der Waals surface area contributed by atoms with Crippen LogP contribution in [0.5, 0.6) is 0 Å². The number of nitrogens with one attached hydrogen (secondary N) is 1. The van der Waals surface area contributed by atoms with Crippen LogP contribution in [-0.4, -0.2) is 55.4 Å². The summed E-state index contributed by atoms with van der Waals surface area (Å²) in [7, 11) is -2.89. The van der Waals surface area contributed by atoms with Crippen LogP contribution in [0.4, 0.5) is 0 Å². The van der Waals surface area contributed by atoms with E-state index in [9.17, 15) is 13.2 Å². The van der Waals surface area contributed by atoms with Gasteiger partial charge in [-0.05, 0) is 20.3 Å². The minimum atomic E-state index is -2.89. The van der Waals surface area contributed by atoms with E-state index in [0.717, 1.165) is 6.54 Å². The van der Waals surface area contributed by atoms with Crippen molar-refractivity contribution in [3.05, 3.63) is 0 Å². The molecule has 0 aliphatic carbocycles. The molecule has 0 aromatic carbocycles. The Hall–Kier alpha value is -0.620. The average molecular weight is 246 g/mol. The summed E-state index contributed by atoms with van der Waals surface area (Å²) in [5.41, 5.74) is -0.594. The number of sulfone groups is 1. The zero-order valence-electron chi connectivity index (χ0n) is 9.69. The lowest BCUT2D eigenvalue weighted by Crippen LogP contribution is -2.64. The molecule has 1 atom stereocenters. The fourth-order valence-electron chi connectivity index (χ4n) is 2.58. The molecular weight excluding hydrogens is 228 g/mol. The number of hydrogen-bond donors (Lipinski definition) is 1. The van der Waals surface area contributed by atoms with Crippen LogP contribution in [0.15, 0.2) is 0 Å². The predicted molar refractivity (Wildman–Crippen MR) is 60.9 cm³/mol. The average Bonchev–Trinajstić information content (AvgIpc) is 2.51. The van der Waals surface area contributed by atoms with E-state index in [1.165, 1.54) is 0 Å². The normalized spacial score (nSPS) is 33.6. The van der Waals surface area contributed by atoms with Gasteiger partial charge in [-0.25, -0.2) is 8.42 Å². The molecule has 2 aliphatic heterocycles. The second kappa shape index (κ2) is 3.70. The third kappa shape index (κ3) is 1.96. The van der Waals surface area contributed by atoms with Gasteiger partial charge < -0.3 is 5.32 Å². The second-order valence-corrected chi connectivity index (χ2v) is 7.29. The highest BCUT2D eigenvalue weighted by molar-refractivity contribution is 7.91. The molecule has 0 radical (unpaired) electrons. The SMILES string of the molecule is CC1(C)C(=O)NCCN1C1CCS(=O)(=O)C1. The molecule has 2 aliphatic rings. The van der Waals surface area contributed by atoms with Gasteiger partial charge in [-0.1, -0.05) is 0 Å². The monoisotopic (exact) mass is 246 g/mol. The molecule has 2 saturated heterocycles. The molecule has 2 heterocycles. The topological polar surface area (TPSA) is 66.5 Å².